The number of aliphatic carboxylic acids is 2. The third kappa shape index (κ3) is 19.9. The van der Waals surface area contributed by atoms with Crippen LogP contribution in [0, 0.1) is 5.41 Å². The van der Waals surface area contributed by atoms with Gasteiger partial charge in [-0.3, -0.25) is 30.4 Å². The number of rotatable bonds is 35. The number of anilines is 6. The van der Waals surface area contributed by atoms with Crippen LogP contribution in [-0.4, -0.2) is 141 Å². The fourth-order valence-corrected chi connectivity index (χ4v) is 14.8. The summed E-state index contributed by atoms with van der Waals surface area (Å²) in [6, 6.07) is 63.4. The summed E-state index contributed by atoms with van der Waals surface area (Å²) in [7, 11) is 9.48. The third-order valence-electron chi connectivity index (χ3n) is 19.4. The fourth-order valence-electron chi connectivity index (χ4n) is 13.3. The zero-order valence-electron chi connectivity index (χ0n) is 68.9. The standard InChI is InChI=1S/3C24H26N4O4.C14H26O7S/c3*1-5-32-21-9-7-6-8-20(21)28-26-24(17-10-15-22(30-3)23(16-17)31-4)25-27(28)18-11-13-19(29-2)14-12-18;1-4-7-8-9-10-14(12(17)18,22(19,20)21)13(5-2,6-3)11(15)16/h3*6-16H,5H2,1-4H3,(H,25,26);4-10H2,1-3H3,(H,15,16)(H,17,18)(H,19,20,21). The van der Waals surface area contributed by atoms with Crippen LogP contribution in [0.2, 0.25) is 0 Å². The van der Waals surface area contributed by atoms with Gasteiger partial charge in [-0.15, -0.1) is 15.3 Å². The Hall–Kier alpha value is -13.4. The van der Waals surface area contributed by atoms with E-state index in [2.05, 4.69) is 16.3 Å². The highest BCUT2D eigenvalue weighted by molar-refractivity contribution is 7.88. The summed E-state index contributed by atoms with van der Waals surface area (Å²) in [6.07, 6.45) is 1.59. The van der Waals surface area contributed by atoms with Crippen molar-refractivity contribution in [1.82, 2.24) is 16.3 Å². The highest BCUT2D eigenvalue weighted by atomic mass is 32.2. The first-order chi connectivity index (χ1) is 57.1. The van der Waals surface area contributed by atoms with Crippen LogP contribution >= 0.6 is 0 Å². The average Bonchev–Trinajstić information content (AvgIpc) is 1.00. The zero-order valence-corrected chi connectivity index (χ0v) is 69.7. The largest absolute Gasteiger partial charge is 0.497 e. The molecule has 12 rings (SSSR count). The maximum atomic E-state index is 11.9. The Morgan fingerprint density at radius 2 is 0.661 bits per heavy atom. The van der Waals surface area contributed by atoms with E-state index in [-0.39, 0.29) is 19.3 Å². The number of carbonyl (C=O) groups is 2. The van der Waals surface area contributed by atoms with Gasteiger partial charge in [0, 0.05) is 16.7 Å². The Bertz CT molecular complexity index is 4600. The molecule has 0 aliphatic carbocycles. The molecule has 32 heteroatoms. The number of nitrogens with one attached hydrogen (secondary N) is 3. The molecule has 9 aromatic carbocycles. The first-order valence-electron chi connectivity index (χ1n) is 38.2. The lowest BCUT2D eigenvalue weighted by molar-refractivity contribution is -0.161. The van der Waals surface area contributed by atoms with E-state index >= 15 is 0 Å². The highest BCUT2D eigenvalue weighted by Gasteiger charge is 2.67. The Kier molecular flexibility index (Phi) is 31.4. The van der Waals surface area contributed by atoms with E-state index in [1.807, 2.05) is 243 Å². The van der Waals surface area contributed by atoms with Gasteiger partial charge in [0.25, 0.3) is 10.1 Å². The van der Waals surface area contributed by atoms with Crippen molar-refractivity contribution in [1.29, 1.82) is 0 Å². The van der Waals surface area contributed by atoms with Gasteiger partial charge in [-0.1, -0.05) is 82.9 Å². The molecule has 6 N–H and O–H groups in total. The van der Waals surface area contributed by atoms with E-state index in [1.54, 1.807) is 79.3 Å². The number of hydrogen-bond donors (Lipinski definition) is 6. The van der Waals surface area contributed by atoms with Gasteiger partial charge in [-0.05, 0) is 204 Å². The number of amidine groups is 3. The summed E-state index contributed by atoms with van der Waals surface area (Å²) in [5.41, 5.74) is 15.6. The van der Waals surface area contributed by atoms with Crippen LogP contribution in [0.3, 0.4) is 0 Å². The van der Waals surface area contributed by atoms with Crippen molar-refractivity contribution in [3.63, 3.8) is 0 Å². The summed E-state index contributed by atoms with van der Waals surface area (Å²) >= 11 is 0. The molecule has 31 nitrogen and oxygen atoms in total. The van der Waals surface area contributed by atoms with Crippen LogP contribution in [0.25, 0.3) is 0 Å². The molecular formula is C86H104N12O19S. The molecule has 3 heterocycles. The van der Waals surface area contributed by atoms with E-state index in [9.17, 15) is 32.8 Å². The maximum Gasteiger partial charge on any atom is 0.328 e. The molecule has 118 heavy (non-hydrogen) atoms. The number of hydrazine groups is 6. The van der Waals surface area contributed by atoms with Crippen LogP contribution in [0.1, 0.15) is 103 Å². The minimum absolute atomic E-state index is 0.210. The number of carboxylic acid groups (broad SMARTS) is 2. The summed E-state index contributed by atoms with van der Waals surface area (Å²) < 4.78 is 96.8. The maximum absolute atomic E-state index is 11.9. The van der Waals surface area contributed by atoms with Crippen molar-refractivity contribution in [2.75, 3.05) is 115 Å². The number of hydrazone groups is 3. The van der Waals surface area contributed by atoms with Gasteiger partial charge in [0.05, 0.1) is 106 Å². The lowest BCUT2D eigenvalue weighted by Crippen LogP contribution is -2.62. The monoisotopic (exact) mass is 1640 g/mol. The molecule has 0 amide bonds. The van der Waals surface area contributed by atoms with Crippen molar-refractivity contribution >= 4 is 73.7 Å². The number of carboxylic acids is 2. The third-order valence-corrected chi connectivity index (χ3v) is 21.1. The fraction of sp³-hybridized carbons (Fsp3) is 0.314. The first kappa shape index (κ1) is 88.6. The first-order valence-corrected chi connectivity index (χ1v) is 39.6. The number of benzene rings is 9. The summed E-state index contributed by atoms with van der Waals surface area (Å²) in [6.45, 7) is 12.3. The molecule has 0 saturated carbocycles. The van der Waals surface area contributed by atoms with Gasteiger partial charge in [0.15, 0.2) is 52.0 Å². The molecule has 0 bridgehead atoms. The normalized spacial score (nSPS) is 13.3. The van der Waals surface area contributed by atoms with Crippen LogP contribution < -0.4 is 104 Å². The van der Waals surface area contributed by atoms with Gasteiger partial charge in [-0.25, -0.2) is 0 Å². The minimum Gasteiger partial charge on any atom is -0.497 e. The van der Waals surface area contributed by atoms with Crippen molar-refractivity contribution in [2.45, 2.75) is 91.2 Å². The lowest BCUT2D eigenvalue weighted by atomic mass is 9.68. The predicted molar refractivity (Wildman–Crippen MR) is 456 cm³/mol. The van der Waals surface area contributed by atoms with Crippen LogP contribution in [0.5, 0.6) is 69.0 Å². The Morgan fingerprint density at radius 3 is 0.898 bits per heavy atom. The van der Waals surface area contributed by atoms with E-state index < -0.39 is 38.6 Å². The lowest BCUT2D eigenvalue weighted by Gasteiger charge is -2.41. The predicted octanol–water partition coefficient (Wildman–Crippen LogP) is 15.2. The minimum atomic E-state index is -5.12. The summed E-state index contributed by atoms with van der Waals surface area (Å²) in [5.74, 6) is 6.97. The molecule has 1 unspecified atom stereocenters. The smallest absolute Gasteiger partial charge is 0.328 e. The molecule has 3 aliphatic heterocycles. The van der Waals surface area contributed by atoms with Crippen LogP contribution in [-0.2, 0) is 19.7 Å². The number of methoxy groups -OCH3 is 9. The van der Waals surface area contributed by atoms with Gasteiger partial charge >= 0.3 is 11.9 Å². The highest BCUT2D eigenvalue weighted by Crippen LogP contribution is 2.48. The number of unbranched alkanes of at least 4 members (excludes halogenated alkanes) is 3. The van der Waals surface area contributed by atoms with Crippen LogP contribution in [0.15, 0.2) is 215 Å². The number of para-hydroxylation sites is 6. The van der Waals surface area contributed by atoms with Crippen molar-refractivity contribution < 1.29 is 89.6 Å². The molecule has 0 fully saturated rings. The average molecular weight is 1640 g/mol. The zero-order chi connectivity index (χ0) is 85.1. The quantitative estimate of drug-likeness (QED) is 0.0159. The number of nitrogens with zero attached hydrogens (tertiary/aromatic N) is 9. The van der Waals surface area contributed by atoms with E-state index in [0.29, 0.717) is 78.2 Å². The molecule has 9 aromatic rings. The number of hydrogen-bond acceptors (Lipinski definition) is 28. The van der Waals surface area contributed by atoms with Crippen molar-refractivity contribution in [3.05, 3.63) is 217 Å². The second-order valence-electron chi connectivity index (χ2n) is 26.0. The number of ether oxygens (including phenoxy) is 12. The van der Waals surface area contributed by atoms with E-state index in [0.717, 1.165) is 98.2 Å². The van der Waals surface area contributed by atoms with Crippen LogP contribution in [0.4, 0.5) is 34.1 Å². The summed E-state index contributed by atoms with van der Waals surface area (Å²) in [4.78, 5) is 23.5. The van der Waals surface area contributed by atoms with E-state index in [4.69, 9.17) is 72.1 Å². The van der Waals surface area contributed by atoms with Gasteiger partial charge in [-0.2, -0.15) is 39.1 Å². The van der Waals surface area contributed by atoms with E-state index in [1.165, 1.54) is 13.8 Å². The molecule has 0 saturated heterocycles. The molecule has 1 atom stereocenters. The van der Waals surface area contributed by atoms with Crippen molar-refractivity contribution in [3.8, 4) is 69.0 Å². The Labute approximate surface area is 688 Å². The topological polar surface area (TPSA) is 332 Å². The molecular weight excluding hydrogens is 1540 g/mol. The Balaban J connectivity index is 0.000000181. The summed E-state index contributed by atoms with van der Waals surface area (Å²) in [5, 5.41) is 44.5. The SMILES string of the molecule is CCCCCCC(C(=O)O)(C(CC)(CC)C(=O)O)S(=O)(=O)O.CCOc1ccccc1N1NC(c2ccc(OC)c(OC)c2)=NN1c1ccc(OC)cc1.CCOc1ccccc1N1NC(c2ccc(OC)c(OC)c2)=NN1c1ccc(OC)cc1.CCOc1ccccc1N1NC(c2ccc(OC)c(OC)c2)=NN1c1ccc(OC)cc1. The second kappa shape index (κ2) is 41.8. The molecule has 0 spiro atoms. The molecule has 628 valence electrons. The molecule has 3 aliphatic rings. The Morgan fingerprint density at radius 1 is 0.364 bits per heavy atom. The molecule has 0 aromatic heterocycles. The second-order valence-corrected chi connectivity index (χ2v) is 27.6. The van der Waals surface area contributed by atoms with Gasteiger partial charge in [0.2, 0.25) is 4.75 Å². The van der Waals surface area contributed by atoms with Gasteiger partial charge in [0.1, 0.15) is 51.6 Å². The van der Waals surface area contributed by atoms with Crippen molar-refractivity contribution in [2.24, 2.45) is 20.7 Å². The molecule has 0 radical (unpaired) electrons. The van der Waals surface area contributed by atoms with Gasteiger partial charge < -0.3 is 67.1 Å².